The fourth-order valence-corrected chi connectivity index (χ4v) is 3.97. The van der Waals surface area contributed by atoms with Crippen LogP contribution >= 0.6 is 11.6 Å². The second-order valence-electron chi connectivity index (χ2n) is 7.57. The minimum atomic E-state index is -0.350. The molecule has 0 unspecified atom stereocenters. The molecule has 8 heteroatoms. The number of carbonyl (C=O) groups is 1. The largest absolute Gasteiger partial charge is 0.352 e. The van der Waals surface area contributed by atoms with E-state index in [0.717, 1.165) is 43.0 Å². The molecule has 2 heterocycles. The van der Waals surface area contributed by atoms with Gasteiger partial charge in [0.1, 0.15) is 11.4 Å². The lowest BCUT2D eigenvalue weighted by atomic mass is 10.0. The molecule has 0 fully saturated rings. The average molecular weight is 446 g/mol. The summed E-state index contributed by atoms with van der Waals surface area (Å²) in [6.07, 6.45) is 2.72. The molecule has 0 saturated heterocycles. The molecule has 0 saturated carbocycles. The third kappa shape index (κ3) is 5.05. The summed E-state index contributed by atoms with van der Waals surface area (Å²) in [5, 5.41) is 7.71. The lowest BCUT2D eigenvalue weighted by Gasteiger charge is -2.17. The monoisotopic (exact) mass is 445 g/mol. The summed E-state index contributed by atoms with van der Waals surface area (Å²) >= 11 is 6.21. The third-order valence-corrected chi connectivity index (χ3v) is 6.05. The Morgan fingerprint density at radius 3 is 2.65 bits per heavy atom. The average Bonchev–Trinajstić information content (AvgIpc) is 3.17. The smallest absolute Gasteiger partial charge is 0.256 e. The Morgan fingerprint density at radius 1 is 1.23 bits per heavy atom. The maximum absolute atomic E-state index is 14.3. The summed E-state index contributed by atoms with van der Waals surface area (Å²) in [7, 11) is 0. The van der Waals surface area contributed by atoms with Crippen LogP contribution in [0.3, 0.4) is 0 Å². The van der Waals surface area contributed by atoms with Crippen molar-refractivity contribution in [3.05, 3.63) is 63.3 Å². The molecule has 0 bridgehead atoms. The molecular formula is C23H29ClFN5O. The van der Waals surface area contributed by atoms with Crippen molar-refractivity contribution in [3.63, 3.8) is 0 Å². The predicted molar refractivity (Wildman–Crippen MR) is 121 cm³/mol. The number of aromatic nitrogens is 3. The maximum Gasteiger partial charge on any atom is 0.256 e. The highest BCUT2D eigenvalue weighted by Crippen LogP contribution is 2.26. The van der Waals surface area contributed by atoms with E-state index in [0.29, 0.717) is 34.8 Å². The molecule has 1 N–H and O–H groups in total. The van der Waals surface area contributed by atoms with Gasteiger partial charge in [-0.15, -0.1) is 0 Å². The molecule has 166 valence electrons. The number of hydrogen-bond acceptors (Lipinski definition) is 4. The Kier molecular flexibility index (Phi) is 7.62. The second-order valence-corrected chi connectivity index (χ2v) is 7.98. The maximum atomic E-state index is 14.3. The van der Waals surface area contributed by atoms with Crippen LogP contribution in [-0.2, 0) is 6.42 Å². The number of hydrogen-bond donors (Lipinski definition) is 1. The number of fused-ring (bicyclic) bond motifs is 1. The fraction of sp³-hybridized carbons (Fsp3) is 0.435. The molecule has 6 nitrogen and oxygen atoms in total. The van der Waals surface area contributed by atoms with Crippen LogP contribution in [-0.4, -0.2) is 51.6 Å². The van der Waals surface area contributed by atoms with Crippen molar-refractivity contribution in [1.29, 1.82) is 0 Å². The molecule has 1 aromatic carbocycles. The molecule has 1 amide bonds. The van der Waals surface area contributed by atoms with E-state index in [1.165, 1.54) is 12.3 Å². The standard InChI is InChI=1S/C23H29ClFN5O/c1-5-29(6-2)12-8-11-26-23(31)19-14-27-30-16(4)17(15(3)28-22(19)30)13-18-20(24)9-7-10-21(18)25/h7,9-10,14H,5-6,8,11-13H2,1-4H3,(H,26,31). The van der Waals surface area contributed by atoms with Gasteiger partial charge in [0.25, 0.3) is 5.91 Å². The number of benzene rings is 1. The van der Waals surface area contributed by atoms with Gasteiger partial charge in [-0.1, -0.05) is 31.5 Å². The van der Waals surface area contributed by atoms with Crippen LogP contribution in [0.25, 0.3) is 5.65 Å². The normalized spacial score (nSPS) is 11.5. The van der Waals surface area contributed by atoms with Crippen LogP contribution in [0.2, 0.25) is 5.02 Å². The fourth-order valence-electron chi connectivity index (χ4n) is 3.74. The van der Waals surface area contributed by atoms with E-state index in [4.69, 9.17) is 11.6 Å². The molecular weight excluding hydrogens is 417 g/mol. The van der Waals surface area contributed by atoms with E-state index >= 15 is 0 Å². The van der Waals surface area contributed by atoms with Gasteiger partial charge >= 0.3 is 0 Å². The van der Waals surface area contributed by atoms with Crippen molar-refractivity contribution < 1.29 is 9.18 Å². The highest BCUT2D eigenvalue weighted by Gasteiger charge is 2.19. The van der Waals surface area contributed by atoms with Crippen molar-refractivity contribution in [2.24, 2.45) is 0 Å². The molecule has 3 rings (SSSR count). The highest BCUT2D eigenvalue weighted by molar-refractivity contribution is 6.31. The summed E-state index contributed by atoms with van der Waals surface area (Å²) in [6.45, 7) is 11.6. The molecule has 0 spiro atoms. The van der Waals surface area contributed by atoms with E-state index in [1.54, 1.807) is 16.6 Å². The summed E-state index contributed by atoms with van der Waals surface area (Å²) in [5.74, 6) is -0.539. The summed E-state index contributed by atoms with van der Waals surface area (Å²) < 4.78 is 15.9. The third-order valence-electron chi connectivity index (χ3n) is 5.70. The van der Waals surface area contributed by atoms with Crippen molar-refractivity contribution in [2.45, 2.75) is 40.5 Å². The van der Waals surface area contributed by atoms with Gasteiger partial charge in [-0.3, -0.25) is 4.79 Å². The van der Waals surface area contributed by atoms with Crippen LogP contribution < -0.4 is 5.32 Å². The van der Waals surface area contributed by atoms with E-state index < -0.39 is 0 Å². The van der Waals surface area contributed by atoms with Gasteiger partial charge in [-0.2, -0.15) is 5.10 Å². The first kappa shape index (κ1) is 23.2. The number of carbonyl (C=O) groups excluding carboxylic acids is 1. The van der Waals surface area contributed by atoms with Crippen molar-refractivity contribution >= 4 is 23.2 Å². The first-order valence-electron chi connectivity index (χ1n) is 10.6. The van der Waals surface area contributed by atoms with E-state index in [-0.39, 0.29) is 11.7 Å². The quantitative estimate of drug-likeness (QED) is 0.501. The first-order chi connectivity index (χ1) is 14.9. The predicted octanol–water partition coefficient (Wildman–Crippen LogP) is 4.19. The zero-order chi connectivity index (χ0) is 22.5. The number of halogens is 2. The molecule has 0 aliphatic carbocycles. The zero-order valence-electron chi connectivity index (χ0n) is 18.5. The number of nitrogens with one attached hydrogen (secondary N) is 1. The van der Waals surface area contributed by atoms with Gasteiger partial charge in [0.2, 0.25) is 0 Å². The number of amides is 1. The highest BCUT2D eigenvalue weighted by atomic mass is 35.5. The minimum Gasteiger partial charge on any atom is -0.352 e. The summed E-state index contributed by atoms with van der Waals surface area (Å²) in [6, 6.07) is 4.66. The van der Waals surface area contributed by atoms with E-state index in [9.17, 15) is 9.18 Å². The van der Waals surface area contributed by atoms with Gasteiger partial charge in [0, 0.05) is 34.9 Å². The van der Waals surface area contributed by atoms with Gasteiger partial charge in [-0.25, -0.2) is 13.9 Å². The lowest BCUT2D eigenvalue weighted by Crippen LogP contribution is -2.30. The molecule has 2 aromatic heterocycles. The molecule has 3 aromatic rings. The minimum absolute atomic E-state index is 0.189. The van der Waals surface area contributed by atoms with Gasteiger partial charge < -0.3 is 10.2 Å². The topological polar surface area (TPSA) is 62.5 Å². The van der Waals surface area contributed by atoms with Crippen LogP contribution in [0.15, 0.2) is 24.4 Å². The van der Waals surface area contributed by atoms with Gasteiger partial charge in [0.05, 0.1) is 6.20 Å². The zero-order valence-corrected chi connectivity index (χ0v) is 19.3. The van der Waals surface area contributed by atoms with Crippen LogP contribution in [0.1, 0.15) is 53.1 Å². The second kappa shape index (κ2) is 10.2. The Bertz CT molecular complexity index is 1060. The molecule has 0 aliphatic rings. The van der Waals surface area contributed by atoms with Gasteiger partial charge in [-0.05, 0) is 57.6 Å². The Labute approximate surface area is 187 Å². The SMILES string of the molecule is CCN(CC)CCCNC(=O)c1cnn2c(C)c(Cc3c(F)cccc3Cl)c(C)nc12. The Balaban J connectivity index is 1.80. The number of rotatable bonds is 9. The van der Waals surface area contributed by atoms with Crippen molar-refractivity contribution in [1.82, 2.24) is 24.8 Å². The molecule has 0 aliphatic heterocycles. The van der Waals surface area contributed by atoms with Crippen LogP contribution in [0.5, 0.6) is 0 Å². The molecule has 0 radical (unpaired) electrons. The van der Waals surface area contributed by atoms with E-state index in [1.807, 2.05) is 13.8 Å². The van der Waals surface area contributed by atoms with Crippen molar-refractivity contribution in [3.8, 4) is 0 Å². The van der Waals surface area contributed by atoms with Crippen molar-refractivity contribution in [2.75, 3.05) is 26.2 Å². The van der Waals surface area contributed by atoms with Gasteiger partial charge in [0.15, 0.2) is 5.65 Å². The van der Waals surface area contributed by atoms with E-state index in [2.05, 4.69) is 34.1 Å². The first-order valence-corrected chi connectivity index (χ1v) is 11.0. The number of nitrogens with zero attached hydrogens (tertiary/aromatic N) is 4. The van der Waals surface area contributed by atoms with Crippen LogP contribution in [0, 0.1) is 19.7 Å². The Hall–Kier alpha value is -2.51. The molecule has 31 heavy (non-hydrogen) atoms. The summed E-state index contributed by atoms with van der Waals surface area (Å²) in [5.41, 5.74) is 3.73. The molecule has 0 atom stereocenters. The number of aryl methyl sites for hydroxylation is 2. The summed E-state index contributed by atoms with van der Waals surface area (Å²) in [4.78, 5) is 19.6. The Morgan fingerprint density at radius 2 is 1.97 bits per heavy atom. The van der Waals surface area contributed by atoms with Crippen LogP contribution in [0.4, 0.5) is 4.39 Å². The lowest BCUT2D eigenvalue weighted by molar-refractivity contribution is 0.0953.